The van der Waals surface area contributed by atoms with Gasteiger partial charge in [-0.15, -0.1) is 0 Å². The molecule has 23 heavy (non-hydrogen) atoms. The molecule has 0 aliphatic heterocycles. The summed E-state index contributed by atoms with van der Waals surface area (Å²) in [5, 5.41) is 7.39. The van der Waals surface area contributed by atoms with Crippen LogP contribution in [0.4, 0.5) is 8.78 Å². The standard InChI is InChI=1S/C16H15F2N3OS/c17-15(18)22-14-8-6-13(7-9-14)11-20-21-16(23)19-10-12-4-2-1-3-5-12/h1-9,11,15H,10H2,(H2,19,21,23). The van der Waals surface area contributed by atoms with Crippen molar-refractivity contribution in [1.82, 2.24) is 10.7 Å². The van der Waals surface area contributed by atoms with Gasteiger partial charge in [-0.3, -0.25) is 5.43 Å². The summed E-state index contributed by atoms with van der Waals surface area (Å²) in [6.07, 6.45) is 1.53. The van der Waals surface area contributed by atoms with Gasteiger partial charge in [0.25, 0.3) is 0 Å². The van der Waals surface area contributed by atoms with Crippen LogP contribution in [0.15, 0.2) is 59.7 Å². The Balaban J connectivity index is 1.76. The van der Waals surface area contributed by atoms with E-state index in [1.54, 1.807) is 12.1 Å². The number of halogens is 2. The lowest BCUT2D eigenvalue weighted by atomic mass is 10.2. The van der Waals surface area contributed by atoms with E-state index in [-0.39, 0.29) is 5.75 Å². The molecule has 0 bridgehead atoms. The van der Waals surface area contributed by atoms with Crippen molar-refractivity contribution in [2.24, 2.45) is 5.10 Å². The first-order valence-corrected chi connectivity index (χ1v) is 7.20. The number of rotatable bonds is 6. The highest BCUT2D eigenvalue weighted by Gasteiger charge is 2.02. The molecule has 0 radical (unpaired) electrons. The quantitative estimate of drug-likeness (QED) is 0.483. The summed E-state index contributed by atoms with van der Waals surface area (Å²) in [6.45, 7) is -2.23. The fraction of sp³-hybridized carbons (Fsp3) is 0.125. The van der Waals surface area contributed by atoms with Crippen molar-refractivity contribution >= 4 is 23.5 Å². The lowest BCUT2D eigenvalue weighted by Gasteiger charge is -2.07. The summed E-state index contributed by atoms with van der Waals surface area (Å²) in [5.74, 6) is 0.102. The zero-order valence-corrected chi connectivity index (χ0v) is 12.9. The van der Waals surface area contributed by atoms with Gasteiger partial charge >= 0.3 is 6.61 Å². The average Bonchev–Trinajstić information content (AvgIpc) is 2.55. The second-order valence-electron chi connectivity index (χ2n) is 4.49. The van der Waals surface area contributed by atoms with Crippen LogP contribution in [0.3, 0.4) is 0 Å². The molecular weight excluding hydrogens is 320 g/mol. The number of alkyl halides is 2. The normalized spacial score (nSPS) is 10.7. The molecule has 7 heteroatoms. The third kappa shape index (κ3) is 6.39. The summed E-state index contributed by atoms with van der Waals surface area (Å²) >= 11 is 5.10. The van der Waals surface area contributed by atoms with Gasteiger partial charge in [-0.1, -0.05) is 30.3 Å². The molecule has 2 N–H and O–H groups in total. The molecule has 0 fully saturated rings. The maximum Gasteiger partial charge on any atom is 0.387 e. The maximum absolute atomic E-state index is 12.0. The number of ether oxygens (including phenoxy) is 1. The summed E-state index contributed by atoms with van der Waals surface area (Å²) in [5.41, 5.74) is 4.52. The first-order chi connectivity index (χ1) is 11.1. The molecule has 0 aliphatic carbocycles. The summed E-state index contributed by atoms with van der Waals surface area (Å²) in [6, 6.07) is 15.9. The minimum absolute atomic E-state index is 0.102. The Hall–Kier alpha value is -2.54. The highest BCUT2D eigenvalue weighted by molar-refractivity contribution is 7.80. The van der Waals surface area contributed by atoms with Crippen molar-refractivity contribution in [3.05, 3.63) is 65.7 Å². The zero-order chi connectivity index (χ0) is 16.5. The smallest absolute Gasteiger partial charge is 0.387 e. The monoisotopic (exact) mass is 335 g/mol. The van der Waals surface area contributed by atoms with Gasteiger partial charge in [0.15, 0.2) is 5.11 Å². The van der Waals surface area contributed by atoms with Gasteiger partial charge in [-0.05, 0) is 47.6 Å². The molecule has 0 amide bonds. The minimum atomic E-state index is -2.83. The molecule has 2 aromatic rings. The van der Waals surface area contributed by atoms with Crippen molar-refractivity contribution in [3.8, 4) is 5.75 Å². The Bertz CT molecular complexity index is 648. The summed E-state index contributed by atoms with van der Waals surface area (Å²) in [4.78, 5) is 0. The predicted molar refractivity (Wildman–Crippen MR) is 89.7 cm³/mol. The van der Waals surface area contributed by atoms with Crippen molar-refractivity contribution in [2.75, 3.05) is 0 Å². The van der Waals surface area contributed by atoms with Crippen LogP contribution >= 0.6 is 12.2 Å². The molecule has 0 unspecified atom stereocenters. The van der Waals surface area contributed by atoms with Crippen molar-refractivity contribution in [1.29, 1.82) is 0 Å². The second kappa shape index (κ2) is 8.79. The van der Waals surface area contributed by atoms with Gasteiger partial charge < -0.3 is 10.1 Å². The Morgan fingerprint density at radius 1 is 1.13 bits per heavy atom. The zero-order valence-electron chi connectivity index (χ0n) is 12.1. The molecule has 0 heterocycles. The second-order valence-corrected chi connectivity index (χ2v) is 4.89. The third-order valence-electron chi connectivity index (χ3n) is 2.78. The Labute approximate surface area is 138 Å². The van der Waals surface area contributed by atoms with Crippen LogP contribution < -0.4 is 15.5 Å². The first kappa shape index (κ1) is 16.8. The summed E-state index contributed by atoms with van der Waals surface area (Å²) < 4.78 is 28.3. The van der Waals surface area contributed by atoms with Gasteiger partial charge in [0.2, 0.25) is 0 Å². The van der Waals surface area contributed by atoms with Gasteiger partial charge in [0.1, 0.15) is 5.75 Å². The van der Waals surface area contributed by atoms with E-state index in [2.05, 4.69) is 20.6 Å². The Morgan fingerprint density at radius 2 is 1.83 bits per heavy atom. The van der Waals surface area contributed by atoms with Crippen LogP contribution in [-0.2, 0) is 6.54 Å². The Morgan fingerprint density at radius 3 is 2.48 bits per heavy atom. The van der Waals surface area contributed by atoms with Crippen molar-refractivity contribution in [3.63, 3.8) is 0 Å². The van der Waals surface area contributed by atoms with Gasteiger partial charge in [0, 0.05) is 6.54 Å². The molecule has 120 valence electrons. The fourth-order valence-corrected chi connectivity index (χ4v) is 1.84. The van der Waals surface area contributed by atoms with Crippen molar-refractivity contribution in [2.45, 2.75) is 13.2 Å². The fourth-order valence-electron chi connectivity index (χ4n) is 1.72. The average molecular weight is 335 g/mol. The number of thiocarbonyl (C=S) groups is 1. The van der Waals surface area contributed by atoms with E-state index in [9.17, 15) is 8.78 Å². The van der Waals surface area contributed by atoms with E-state index in [1.807, 2.05) is 30.3 Å². The van der Waals surface area contributed by atoms with Crippen LogP contribution in [0, 0.1) is 0 Å². The van der Waals surface area contributed by atoms with E-state index in [1.165, 1.54) is 18.3 Å². The van der Waals surface area contributed by atoms with E-state index in [0.29, 0.717) is 11.7 Å². The van der Waals surface area contributed by atoms with E-state index >= 15 is 0 Å². The van der Waals surface area contributed by atoms with Crippen LogP contribution in [0.5, 0.6) is 5.75 Å². The molecule has 2 aromatic carbocycles. The van der Waals surface area contributed by atoms with Crippen LogP contribution in [-0.4, -0.2) is 17.9 Å². The lowest BCUT2D eigenvalue weighted by molar-refractivity contribution is -0.0498. The highest BCUT2D eigenvalue weighted by atomic mass is 32.1. The number of nitrogens with zero attached hydrogens (tertiary/aromatic N) is 1. The molecular formula is C16H15F2N3OS. The maximum atomic E-state index is 12.0. The molecule has 0 saturated carbocycles. The lowest BCUT2D eigenvalue weighted by Crippen LogP contribution is -2.31. The van der Waals surface area contributed by atoms with Gasteiger partial charge in [-0.25, -0.2) is 0 Å². The molecule has 4 nitrogen and oxygen atoms in total. The highest BCUT2D eigenvalue weighted by Crippen LogP contribution is 2.13. The van der Waals surface area contributed by atoms with Crippen LogP contribution in [0.2, 0.25) is 0 Å². The molecule has 0 aromatic heterocycles. The number of hydrogen-bond donors (Lipinski definition) is 2. The molecule has 0 spiro atoms. The SMILES string of the molecule is FC(F)Oc1ccc(C=NNC(=S)NCc2ccccc2)cc1. The number of benzene rings is 2. The van der Waals surface area contributed by atoms with E-state index in [0.717, 1.165) is 11.1 Å². The summed E-state index contributed by atoms with van der Waals surface area (Å²) in [7, 11) is 0. The van der Waals surface area contributed by atoms with Crippen LogP contribution in [0.1, 0.15) is 11.1 Å². The molecule has 0 atom stereocenters. The largest absolute Gasteiger partial charge is 0.435 e. The van der Waals surface area contributed by atoms with Crippen LogP contribution in [0.25, 0.3) is 0 Å². The number of hydrogen-bond acceptors (Lipinski definition) is 3. The van der Waals surface area contributed by atoms with E-state index < -0.39 is 6.61 Å². The predicted octanol–water partition coefficient (Wildman–Crippen LogP) is 3.29. The molecule has 2 rings (SSSR count). The Kier molecular flexibility index (Phi) is 6.43. The number of nitrogens with one attached hydrogen (secondary N) is 2. The third-order valence-corrected chi connectivity index (χ3v) is 3.02. The minimum Gasteiger partial charge on any atom is -0.435 e. The number of hydrazone groups is 1. The van der Waals surface area contributed by atoms with Gasteiger partial charge in [0.05, 0.1) is 6.21 Å². The topological polar surface area (TPSA) is 45.6 Å². The molecule has 0 saturated heterocycles. The van der Waals surface area contributed by atoms with E-state index in [4.69, 9.17) is 12.2 Å². The first-order valence-electron chi connectivity index (χ1n) is 6.79. The molecule has 0 aliphatic rings. The van der Waals surface area contributed by atoms with Crippen molar-refractivity contribution < 1.29 is 13.5 Å². The van der Waals surface area contributed by atoms with Gasteiger partial charge in [-0.2, -0.15) is 13.9 Å².